The fourth-order valence-corrected chi connectivity index (χ4v) is 5.23. The van der Waals surface area contributed by atoms with Crippen LogP contribution in [0.15, 0.2) is 84.0 Å². The number of likely N-dealkylation sites (tertiary alicyclic amines) is 1. The van der Waals surface area contributed by atoms with Crippen LogP contribution in [-0.4, -0.2) is 62.4 Å². The van der Waals surface area contributed by atoms with Crippen molar-refractivity contribution in [1.29, 1.82) is 0 Å². The summed E-state index contributed by atoms with van der Waals surface area (Å²) in [4.78, 5) is 28.2. The van der Waals surface area contributed by atoms with Crippen molar-refractivity contribution >= 4 is 29.3 Å². The van der Waals surface area contributed by atoms with Crippen molar-refractivity contribution < 1.29 is 14.3 Å². The Labute approximate surface area is 218 Å². The van der Waals surface area contributed by atoms with Gasteiger partial charge in [0.15, 0.2) is 0 Å². The van der Waals surface area contributed by atoms with E-state index in [2.05, 4.69) is 20.8 Å². The van der Waals surface area contributed by atoms with Crippen LogP contribution >= 0.6 is 11.8 Å². The third-order valence-corrected chi connectivity index (χ3v) is 7.13. The number of hydrogen-bond donors (Lipinski definition) is 1. The van der Waals surface area contributed by atoms with Gasteiger partial charge in [-0.1, -0.05) is 66.4 Å². The second-order valence-electron chi connectivity index (χ2n) is 8.48. The number of amides is 2. The summed E-state index contributed by atoms with van der Waals surface area (Å²) in [6.07, 6.45) is 1.38. The van der Waals surface area contributed by atoms with Crippen molar-refractivity contribution in [3.05, 3.63) is 78.9 Å². The molecule has 0 unspecified atom stereocenters. The lowest BCUT2D eigenvalue weighted by Gasteiger charge is -2.24. The number of anilines is 1. The van der Waals surface area contributed by atoms with Crippen LogP contribution in [-0.2, 0) is 9.59 Å². The summed E-state index contributed by atoms with van der Waals surface area (Å²) in [6, 6.07) is 24.2. The molecule has 1 N–H and O–H groups in total. The second-order valence-corrected chi connectivity index (χ2v) is 9.42. The quantitative estimate of drug-likeness (QED) is 0.354. The number of benzene rings is 3. The number of nitrogens with zero attached hydrogens (tertiary/aromatic N) is 5. The predicted molar refractivity (Wildman–Crippen MR) is 142 cm³/mol. The van der Waals surface area contributed by atoms with E-state index in [1.807, 2.05) is 78.9 Å². The number of carbonyl (C=O) groups is 2. The summed E-state index contributed by atoms with van der Waals surface area (Å²) in [7, 11) is 1.62. The van der Waals surface area contributed by atoms with Gasteiger partial charge in [0.05, 0.1) is 18.6 Å². The Balaban J connectivity index is 1.27. The van der Waals surface area contributed by atoms with Crippen LogP contribution in [0.2, 0.25) is 0 Å². The minimum absolute atomic E-state index is 0.122. The lowest BCUT2D eigenvalue weighted by Crippen LogP contribution is -2.44. The molecule has 4 aromatic rings. The van der Waals surface area contributed by atoms with Crippen molar-refractivity contribution in [3.63, 3.8) is 0 Å². The van der Waals surface area contributed by atoms with Crippen LogP contribution < -0.4 is 10.1 Å². The number of ether oxygens (including phenoxy) is 1. The van der Waals surface area contributed by atoms with Crippen molar-refractivity contribution in [1.82, 2.24) is 25.1 Å². The van der Waals surface area contributed by atoms with E-state index >= 15 is 0 Å². The Kier molecular flexibility index (Phi) is 7.46. The summed E-state index contributed by atoms with van der Waals surface area (Å²) in [5.74, 6) is 0.529. The summed E-state index contributed by atoms with van der Waals surface area (Å²) in [5.41, 5.74) is 3.22. The Morgan fingerprint density at radius 1 is 1.00 bits per heavy atom. The summed E-state index contributed by atoms with van der Waals surface area (Å²) in [6.45, 7) is 0.537. The van der Waals surface area contributed by atoms with Crippen LogP contribution in [0.1, 0.15) is 12.8 Å². The number of aromatic nitrogens is 4. The summed E-state index contributed by atoms with van der Waals surface area (Å²) in [5, 5.41) is 15.4. The molecule has 1 saturated heterocycles. The average Bonchev–Trinajstić information content (AvgIpc) is 3.63. The average molecular weight is 515 g/mol. The van der Waals surface area contributed by atoms with Gasteiger partial charge in [0.1, 0.15) is 11.8 Å². The largest absolute Gasteiger partial charge is 0.496 e. The van der Waals surface area contributed by atoms with E-state index in [0.717, 1.165) is 29.0 Å². The molecule has 9 nitrogen and oxygen atoms in total. The first-order chi connectivity index (χ1) is 18.2. The predicted octanol–water partition coefficient (Wildman–Crippen LogP) is 4.06. The van der Waals surface area contributed by atoms with Gasteiger partial charge in [0.25, 0.3) is 0 Å². The van der Waals surface area contributed by atoms with E-state index in [-0.39, 0.29) is 17.6 Å². The lowest BCUT2D eigenvalue weighted by molar-refractivity contribution is -0.134. The molecule has 5 rings (SSSR count). The second kappa shape index (κ2) is 11.3. The van der Waals surface area contributed by atoms with Gasteiger partial charge in [-0.05, 0) is 47.5 Å². The third-order valence-electron chi connectivity index (χ3n) is 6.22. The zero-order valence-corrected chi connectivity index (χ0v) is 21.1. The summed E-state index contributed by atoms with van der Waals surface area (Å²) < 4.78 is 7.12. The Morgan fingerprint density at radius 3 is 2.54 bits per heavy atom. The minimum Gasteiger partial charge on any atom is -0.496 e. The van der Waals surface area contributed by atoms with Gasteiger partial charge < -0.3 is 15.0 Å². The number of tetrazole rings is 1. The van der Waals surface area contributed by atoms with Crippen LogP contribution in [0.25, 0.3) is 16.8 Å². The molecular weight excluding hydrogens is 488 g/mol. The normalized spacial score (nSPS) is 14.9. The third kappa shape index (κ3) is 5.34. The molecule has 0 bridgehead atoms. The van der Waals surface area contributed by atoms with Crippen molar-refractivity contribution in [2.75, 3.05) is 24.7 Å². The molecule has 1 aliphatic heterocycles. The Hall–Kier alpha value is -4.18. The molecule has 1 aromatic heterocycles. The fourth-order valence-electron chi connectivity index (χ4n) is 4.46. The number of para-hydroxylation sites is 3. The van der Waals surface area contributed by atoms with E-state index in [4.69, 9.17) is 4.74 Å². The van der Waals surface area contributed by atoms with E-state index in [1.54, 1.807) is 16.7 Å². The molecule has 37 heavy (non-hydrogen) atoms. The molecule has 0 radical (unpaired) electrons. The monoisotopic (exact) mass is 514 g/mol. The van der Waals surface area contributed by atoms with Crippen molar-refractivity contribution in [3.8, 4) is 22.6 Å². The number of nitrogens with one attached hydrogen (secondary N) is 1. The number of methoxy groups -OCH3 is 1. The van der Waals surface area contributed by atoms with Crippen LogP contribution in [0.3, 0.4) is 0 Å². The molecule has 188 valence electrons. The topological polar surface area (TPSA) is 102 Å². The maximum absolute atomic E-state index is 13.4. The number of rotatable bonds is 8. The van der Waals surface area contributed by atoms with Gasteiger partial charge in [0, 0.05) is 23.4 Å². The smallest absolute Gasteiger partial charge is 0.247 e. The molecule has 0 aliphatic carbocycles. The minimum atomic E-state index is -0.538. The van der Waals surface area contributed by atoms with Gasteiger partial charge in [-0.25, -0.2) is 0 Å². The summed E-state index contributed by atoms with van der Waals surface area (Å²) >= 11 is 1.26. The first kappa shape index (κ1) is 24.5. The van der Waals surface area contributed by atoms with Gasteiger partial charge in [-0.3, -0.25) is 9.59 Å². The van der Waals surface area contributed by atoms with Crippen molar-refractivity contribution in [2.45, 2.75) is 24.0 Å². The lowest BCUT2D eigenvalue weighted by atomic mass is 10.0. The zero-order valence-electron chi connectivity index (χ0n) is 20.3. The molecular formula is C27H26N6O3S. The standard InChI is InChI=1S/C27H26N6O3S/c1-36-24-16-8-6-13-21(24)20-12-5-7-14-22(20)28-26(35)23-15-9-17-32(23)25(34)18-37-27-29-30-31-33(27)19-10-3-2-4-11-19/h2-8,10-14,16,23H,9,15,17-18H2,1H3,(H,28,35)/t23-/m0/s1. The maximum atomic E-state index is 13.4. The molecule has 2 heterocycles. The first-order valence-corrected chi connectivity index (χ1v) is 12.9. The van der Waals surface area contributed by atoms with Crippen LogP contribution in [0, 0.1) is 0 Å². The highest BCUT2D eigenvalue weighted by Crippen LogP contribution is 2.35. The molecule has 1 atom stereocenters. The van der Waals surface area contributed by atoms with Gasteiger partial charge in [0.2, 0.25) is 17.0 Å². The van der Waals surface area contributed by atoms with Crippen LogP contribution in [0.4, 0.5) is 5.69 Å². The van der Waals surface area contributed by atoms with Gasteiger partial charge in [-0.15, -0.1) is 5.10 Å². The highest BCUT2D eigenvalue weighted by molar-refractivity contribution is 7.99. The van der Waals surface area contributed by atoms with E-state index in [9.17, 15) is 9.59 Å². The van der Waals surface area contributed by atoms with Crippen molar-refractivity contribution in [2.24, 2.45) is 0 Å². The number of hydrogen-bond acceptors (Lipinski definition) is 7. The fraction of sp³-hybridized carbons (Fsp3) is 0.222. The molecule has 2 amide bonds. The molecule has 0 saturated carbocycles. The first-order valence-electron chi connectivity index (χ1n) is 11.9. The molecule has 0 spiro atoms. The maximum Gasteiger partial charge on any atom is 0.247 e. The molecule has 3 aromatic carbocycles. The Bertz CT molecular complexity index is 1390. The molecule has 10 heteroatoms. The SMILES string of the molecule is COc1ccccc1-c1ccccc1NC(=O)[C@@H]1CCCN1C(=O)CSc1nnnn1-c1ccccc1. The highest BCUT2D eigenvalue weighted by atomic mass is 32.2. The highest BCUT2D eigenvalue weighted by Gasteiger charge is 2.34. The molecule has 1 fully saturated rings. The zero-order chi connectivity index (χ0) is 25.6. The number of carbonyl (C=O) groups excluding carboxylic acids is 2. The Morgan fingerprint density at radius 2 is 1.73 bits per heavy atom. The number of thioether (sulfide) groups is 1. The molecule has 1 aliphatic rings. The van der Waals surface area contributed by atoms with E-state index < -0.39 is 6.04 Å². The van der Waals surface area contributed by atoms with Gasteiger partial charge >= 0.3 is 0 Å². The van der Waals surface area contributed by atoms with E-state index in [0.29, 0.717) is 23.8 Å². The van der Waals surface area contributed by atoms with E-state index in [1.165, 1.54) is 11.8 Å². The van der Waals surface area contributed by atoms with Gasteiger partial charge in [-0.2, -0.15) is 4.68 Å². The van der Waals surface area contributed by atoms with Crippen LogP contribution in [0.5, 0.6) is 5.75 Å².